The van der Waals surface area contributed by atoms with Crippen LogP contribution in [0.25, 0.3) is 11.3 Å². The maximum atomic E-state index is 13.5. The van der Waals surface area contributed by atoms with Gasteiger partial charge in [-0.1, -0.05) is 12.1 Å². The van der Waals surface area contributed by atoms with E-state index in [1.54, 1.807) is 0 Å². The summed E-state index contributed by atoms with van der Waals surface area (Å²) < 4.78 is 40.4. The van der Waals surface area contributed by atoms with Crippen molar-refractivity contribution in [2.24, 2.45) is 7.05 Å². The van der Waals surface area contributed by atoms with Crippen LogP contribution in [0.4, 0.5) is 13.2 Å². The number of aromatic nitrogens is 2. The number of alkyl halides is 2. The van der Waals surface area contributed by atoms with E-state index in [9.17, 15) is 18.0 Å². The van der Waals surface area contributed by atoms with Gasteiger partial charge in [0.2, 0.25) is 0 Å². The second-order valence-corrected chi connectivity index (χ2v) is 3.85. The number of aryl methyl sites for hydroxylation is 1. The Kier molecular flexibility index (Phi) is 3.28. The van der Waals surface area contributed by atoms with E-state index < -0.39 is 23.8 Å². The lowest BCUT2D eigenvalue weighted by Crippen LogP contribution is -2.01. The number of rotatable bonds is 3. The van der Waals surface area contributed by atoms with Crippen molar-refractivity contribution in [1.29, 1.82) is 0 Å². The summed E-state index contributed by atoms with van der Waals surface area (Å²) in [6.45, 7) is 0. The SMILES string of the molecule is Cn1nc(C(=O)O)cc1-c1cccc(F)c1C(F)F. The zero-order valence-electron chi connectivity index (χ0n) is 9.77. The first kappa shape index (κ1) is 13.1. The number of hydrogen-bond acceptors (Lipinski definition) is 2. The Bertz CT molecular complexity index is 638. The first-order valence-corrected chi connectivity index (χ1v) is 5.26. The van der Waals surface area contributed by atoms with E-state index in [0.717, 1.165) is 16.8 Å². The van der Waals surface area contributed by atoms with Gasteiger partial charge >= 0.3 is 5.97 Å². The van der Waals surface area contributed by atoms with Crippen LogP contribution in [0.1, 0.15) is 22.5 Å². The Morgan fingerprint density at radius 2 is 2.11 bits per heavy atom. The van der Waals surface area contributed by atoms with Crippen molar-refractivity contribution < 1.29 is 23.1 Å². The molecule has 2 rings (SSSR count). The predicted octanol–water partition coefficient (Wildman–Crippen LogP) is 2.86. The molecule has 0 spiro atoms. The van der Waals surface area contributed by atoms with Crippen molar-refractivity contribution in [3.63, 3.8) is 0 Å². The quantitative estimate of drug-likeness (QED) is 0.933. The number of benzene rings is 1. The third-order valence-electron chi connectivity index (χ3n) is 2.65. The first-order valence-electron chi connectivity index (χ1n) is 5.26. The Morgan fingerprint density at radius 3 is 2.63 bits per heavy atom. The molecular weight excluding hydrogens is 261 g/mol. The van der Waals surface area contributed by atoms with E-state index in [1.165, 1.54) is 19.2 Å². The lowest BCUT2D eigenvalue weighted by molar-refractivity contribution is 0.0689. The summed E-state index contributed by atoms with van der Waals surface area (Å²) in [6.07, 6.45) is -3.00. The minimum atomic E-state index is -3.00. The van der Waals surface area contributed by atoms with Crippen LogP contribution in [0.3, 0.4) is 0 Å². The van der Waals surface area contributed by atoms with Crippen LogP contribution in [0, 0.1) is 5.82 Å². The minimum Gasteiger partial charge on any atom is -0.476 e. The minimum absolute atomic E-state index is 0.0718. The number of nitrogens with zero attached hydrogens (tertiary/aromatic N) is 2. The lowest BCUT2D eigenvalue weighted by Gasteiger charge is -2.09. The highest BCUT2D eigenvalue weighted by atomic mass is 19.3. The number of halogens is 3. The molecule has 0 unspecified atom stereocenters. The average Bonchev–Trinajstić information content (AvgIpc) is 2.70. The third kappa shape index (κ3) is 2.31. The fourth-order valence-corrected chi connectivity index (χ4v) is 1.81. The van der Waals surface area contributed by atoms with Crippen LogP contribution >= 0.6 is 0 Å². The molecule has 4 nitrogen and oxygen atoms in total. The van der Waals surface area contributed by atoms with Crippen molar-refractivity contribution >= 4 is 5.97 Å². The Labute approximate surface area is 106 Å². The summed E-state index contributed by atoms with van der Waals surface area (Å²) in [5.41, 5.74) is -1.01. The smallest absolute Gasteiger partial charge is 0.356 e. The summed E-state index contributed by atoms with van der Waals surface area (Å²) in [5, 5.41) is 12.5. The van der Waals surface area contributed by atoms with E-state index in [0.29, 0.717) is 0 Å². The molecule has 1 heterocycles. The normalized spacial score (nSPS) is 11.0. The van der Waals surface area contributed by atoms with Crippen LogP contribution < -0.4 is 0 Å². The van der Waals surface area contributed by atoms with Gasteiger partial charge in [0.1, 0.15) is 5.82 Å². The maximum Gasteiger partial charge on any atom is 0.356 e. The van der Waals surface area contributed by atoms with E-state index in [2.05, 4.69) is 5.10 Å². The molecule has 0 aliphatic rings. The van der Waals surface area contributed by atoms with Gasteiger partial charge in [-0.2, -0.15) is 5.10 Å². The van der Waals surface area contributed by atoms with Crippen LogP contribution in [-0.2, 0) is 7.05 Å². The van der Waals surface area contributed by atoms with Gasteiger partial charge in [0, 0.05) is 12.6 Å². The van der Waals surface area contributed by atoms with Crippen molar-refractivity contribution in [3.05, 3.63) is 41.3 Å². The molecule has 0 atom stereocenters. The molecule has 1 N–H and O–H groups in total. The van der Waals surface area contributed by atoms with Crippen LogP contribution in [0.15, 0.2) is 24.3 Å². The molecule has 1 aromatic carbocycles. The Hall–Kier alpha value is -2.31. The summed E-state index contributed by atoms with van der Waals surface area (Å²) in [6, 6.07) is 4.64. The first-order chi connectivity index (χ1) is 8.91. The van der Waals surface area contributed by atoms with Gasteiger partial charge in [0.15, 0.2) is 5.69 Å². The zero-order valence-corrected chi connectivity index (χ0v) is 9.77. The van der Waals surface area contributed by atoms with Crippen LogP contribution in [-0.4, -0.2) is 20.9 Å². The van der Waals surface area contributed by atoms with E-state index >= 15 is 0 Å². The summed E-state index contributed by atoms with van der Waals surface area (Å²) in [5.74, 6) is -2.32. The molecular formula is C12H9F3N2O2. The molecule has 0 saturated heterocycles. The topological polar surface area (TPSA) is 55.1 Å². The molecule has 2 aromatic rings. The predicted molar refractivity (Wildman–Crippen MR) is 60.5 cm³/mol. The molecule has 0 bridgehead atoms. The summed E-state index contributed by atoms with van der Waals surface area (Å²) in [4.78, 5) is 10.8. The van der Waals surface area contributed by atoms with E-state index in [4.69, 9.17) is 5.11 Å². The Morgan fingerprint density at radius 1 is 1.42 bits per heavy atom. The van der Waals surface area contributed by atoms with E-state index in [-0.39, 0.29) is 17.0 Å². The fraction of sp³-hybridized carbons (Fsp3) is 0.167. The number of carboxylic acid groups (broad SMARTS) is 1. The number of aromatic carboxylic acids is 1. The highest BCUT2D eigenvalue weighted by molar-refractivity contribution is 5.87. The highest BCUT2D eigenvalue weighted by Gasteiger charge is 2.22. The molecule has 0 amide bonds. The number of hydrogen-bond donors (Lipinski definition) is 1. The zero-order chi connectivity index (χ0) is 14.2. The van der Waals surface area contributed by atoms with Gasteiger partial charge in [-0.25, -0.2) is 18.0 Å². The number of carbonyl (C=O) groups is 1. The molecule has 0 fully saturated rings. The van der Waals surface area contributed by atoms with Gasteiger partial charge in [-0.15, -0.1) is 0 Å². The molecule has 0 aliphatic carbocycles. The summed E-state index contributed by atoms with van der Waals surface area (Å²) >= 11 is 0. The van der Waals surface area contributed by atoms with Crippen LogP contribution in [0.5, 0.6) is 0 Å². The molecule has 1 aromatic heterocycles. The van der Waals surface area contributed by atoms with Crippen LogP contribution in [0.2, 0.25) is 0 Å². The molecule has 0 saturated carbocycles. The lowest BCUT2D eigenvalue weighted by atomic mass is 10.0. The standard InChI is InChI=1S/C12H9F3N2O2/c1-17-9(5-8(16-17)12(18)19)6-3-2-4-7(13)10(6)11(14)15/h2-5,11H,1H3,(H,18,19). The van der Waals surface area contributed by atoms with Crippen molar-refractivity contribution in [1.82, 2.24) is 9.78 Å². The molecule has 19 heavy (non-hydrogen) atoms. The van der Waals surface area contributed by atoms with Gasteiger partial charge in [-0.05, 0) is 12.1 Å². The Balaban J connectivity index is 2.65. The largest absolute Gasteiger partial charge is 0.476 e. The molecule has 0 radical (unpaired) electrons. The van der Waals surface area contributed by atoms with Gasteiger partial charge < -0.3 is 5.11 Å². The number of carboxylic acids is 1. The molecule has 100 valence electrons. The second kappa shape index (κ2) is 4.75. The molecule has 7 heteroatoms. The van der Waals surface area contributed by atoms with E-state index in [1.807, 2.05) is 0 Å². The molecule has 0 aliphatic heterocycles. The summed E-state index contributed by atoms with van der Waals surface area (Å²) in [7, 11) is 1.40. The maximum absolute atomic E-state index is 13.5. The fourth-order valence-electron chi connectivity index (χ4n) is 1.81. The van der Waals surface area contributed by atoms with Crippen molar-refractivity contribution in [2.75, 3.05) is 0 Å². The highest BCUT2D eigenvalue weighted by Crippen LogP contribution is 2.33. The van der Waals surface area contributed by atoms with Gasteiger partial charge in [0.05, 0.1) is 11.3 Å². The second-order valence-electron chi connectivity index (χ2n) is 3.85. The van der Waals surface area contributed by atoms with Crippen molar-refractivity contribution in [2.45, 2.75) is 6.43 Å². The monoisotopic (exact) mass is 270 g/mol. The third-order valence-corrected chi connectivity index (χ3v) is 2.65. The average molecular weight is 270 g/mol. The van der Waals surface area contributed by atoms with Gasteiger partial charge in [-0.3, -0.25) is 4.68 Å². The van der Waals surface area contributed by atoms with Gasteiger partial charge in [0.25, 0.3) is 6.43 Å². The van der Waals surface area contributed by atoms with Crippen molar-refractivity contribution in [3.8, 4) is 11.3 Å².